The van der Waals surface area contributed by atoms with Crippen molar-refractivity contribution in [3.05, 3.63) is 30.3 Å². The van der Waals surface area contributed by atoms with Gasteiger partial charge >= 0.3 is 0 Å². The second-order valence-corrected chi connectivity index (χ2v) is 7.43. The number of anilines is 1. The molecule has 0 spiro atoms. The third-order valence-corrected chi connectivity index (χ3v) is 6.11. The van der Waals surface area contributed by atoms with Crippen molar-refractivity contribution in [1.82, 2.24) is 10.2 Å². The lowest BCUT2D eigenvalue weighted by molar-refractivity contribution is 0.345. The zero-order chi connectivity index (χ0) is 14.9. The number of para-hydroxylation sites is 1. The van der Waals surface area contributed by atoms with Crippen molar-refractivity contribution in [1.29, 1.82) is 0 Å². The molecule has 3 fully saturated rings. The SMILES string of the molecule is S=C(N[C@H]1C[C@H]2CC[C@@H]1C2)N1CCN(c2ccccc2)CC1. The number of piperazine rings is 1. The Bertz CT molecular complexity index is 524. The van der Waals surface area contributed by atoms with Gasteiger partial charge in [0.25, 0.3) is 0 Å². The first kappa shape index (κ1) is 14.3. The first-order chi connectivity index (χ1) is 10.8. The van der Waals surface area contributed by atoms with Crippen molar-refractivity contribution < 1.29 is 0 Å². The summed E-state index contributed by atoms with van der Waals surface area (Å²) >= 11 is 5.68. The van der Waals surface area contributed by atoms with Gasteiger partial charge in [-0.1, -0.05) is 24.6 Å². The summed E-state index contributed by atoms with van der Waals surface area (Å²) in [6, 6.07) is 11.3. The monoisotopic (exact) mass is 315 g/mol. The Labute approximate surface area is 138 Å². The third kappa shape index (κ3) is 2.81. The maximum atomic E-state index is 5.68. The molecule has 2 aliphatic carbocycles. The van der Waals surface area contributed by atoms with E-state index in [-0.39, 0.29) is 0 Å². The average Bonchev–Trinajstić information content (AvgIpc) is 3.19. The van der Waals surface area contributed by atoms with Gasteiger partial charge in [0.2, 0.25) is 0 Å². The highest BCUT2D eigenvalue weighted by Crippen LogP contribution is 2.44. The summed E-state index contributed by atoms with van der Waals surface area (Å²) in [6.45, 7) is 4.17. The van der Waals surface area contributed by atoms with Gasteiger partial charge in [-0.15, -0.1) is 0 Å². The third-order valence-electron chi connectivity index (χ3n) is 5.74. The maximum Gasteiger partial charge on any atom is 0.169 e. The second-order valence-electron chi connectivity index (χ2n) is 7.04. The summed E-state index contributed by atoms with van der Waals surface area (Å²) in [4.78, 5) is 4.82. The number of nitrogens with one attached hydrogen (secondary N) is 1. The molecule has 4 rings (SSSR count). The van der Waals surface area contributed by atoms with E-state index in [9.17, 15) is 0 Å². The molecule has 1 N–H and O–H groups in total. The number of thiocarbonyl (C=S) groups is 1. The molecule has 3 atom stereocenters. The molecule has 3 nitrogen and oxygen atoms in total. The molecule has 1 aliphatic heterocycles. The largest absolute Gasteiger partial charge is 0.368 e. The quantitative estimate of drug-likeness (QED) is 0.846. The van der Waals surface area contributed by atoms with Crippen LogP contribution in [0.5, 0.6) is 0 Å². The van der Waals surface area contributed by atoms with Crippen LogP contribution in [0.15, 0.2) is 30.3 Å². The summed E-state index contributed by atoms with van der Waals surface area (Å²) < 4.78 is 0. The van der Waals surface area contributed by atoms with Crippen molar-refractivity contribution in [2.24, 2.45) is 11.8 Å². The summed E-state index contributed by atoms with van der Waals surface area (Å²) in [7, 11) is 0. The van der Waals surface area contributed by atoms with Crippen molar-refractivity contribution in [3.8, 4) is 0 Å². The Kier molecular flexibility index (Phi) is 3.95. The number of hydrogen-bond acceptors (Lipinski definition) is 2. The molecule has 2 saturated carbocycles. The fourth-order valence-electron chi connectivity index (χ4n) is 4.48. The smallest absolute Gasteiger partial charge is 0.169 e. The molecule has 4 heteroatoms. The minimum atomic E-state index is 0.651. The van der Waals surface area contributed by atoms with Crippen molar-refractivity contribution >= 4 is 23.0 Å². The molecular formula is C18H25N3S. The zero-order valence-electron chi connectivity index (χ0n) is 13.1. The van der Waals surface area contributed by atoms with Crippen LogP contribution >= 0.6 is 12.2 Å². The van der Waals surface area contributed by atoms with Crippen LogP contribution in [-0.2, 0) is 0 Å². The molecular weight excluding hydrogens is 290 g/mol. The van der Waals surface area contributed by atoms with E-state index in [1.54, 1.807) is 0 Å². The highest BCUT2D eigenvalue weighted by atomic mass is 32.1. The first-order valence-electron chi connectivity index (χ1n) is 8.65. The van der Waals surface area contributed by atoms with Crippen molar-refractivity contribution in [2.75, 3.05) is 31.1 Å². The number of rotatable bonds is 2. The normalized spacial score (nSPS) is 30.6. The Morgan fingerprint density at radius 2 is 1.77 bits per heavy atom. The van der Waals surface area contributed by atoms with Crippen LogP contribution in [0.4, 0.5) is 5.69 Å². The topological polar surface area (TPSA) is 18.5 Å². The van der Waals surface area contributed by atoms with Crippen LogP contribution < -0.4 is 10.2 Å². The summed E-state index contributed by atoms with van der Waals surface area (Å²) in [5, 5.41) is 4.66. The molecule has 1 heterocycles. The number of benzene rings is 1. The highest BCUT2D eigenvalue weighted by molar-refractivity contribution is 7.80. The van der Waals surface area contributed by atoms with Gasteiger partial charge in [0.1, 0.15) is 0 Å². The van der Waals surface area contributed by atoms with Crippen LogP contribution in [0.1, 0.15) is 25.7 Å². The Hall–Kier alpha value is -1.29. The standard InChI is InChI=1S/C18H25N3S/c22-18(19-17-13-14-6-7-15(17)12-14)21-10-8-20(9-11-21)16-4-2-1-3-5-16/h1-5,14-15,17H,6-13H2,(H,19,22)/t14-,15+,17-/m0/s1. The van der Waals surface area contributed by atoms with Crippen LogP contribution in [-0.4, -0.2) is 42.2 Å². The number of hydrogen-bond donors (Lipinski definition) is 1. The molecule has 1 saturated heterocycles. The van der Waals surface area contributed by atoms with Gasteiger partial charge in [0.05, 0.1) is 0 Å². The molecule has 0 amide bonds. The average molecular weight is 315 g/mol. The Morgan fingerprint density at radius 1 is 1.00 bits per heavy atom. The van der Waals surface area contributed by atoms with Crippen LogP contribution in [0.25, 0.3) is 0 Å². The van der Waals surface area contributed by atoms with Crippen LogP contribution in [0, 0.1) is 11.8 Å². The molecule has 0 aromatic heterocycles. The van der Waals surface area contributed by atoms with Gasteiger partial charge < -0.3 is 15.1 Å². The molecule has 3 aliphatic rings. The lowest BCUT2D eigenvalue weighted by Gasteiger charge is -2.38. The molecule has 1 aromatic carbocycles. The van der Waals surface area contributed by atoms with E-state index in [2.05, 4.69) is 45.4 Å². The minimum absolute atomic E-state index is 0.651. The minimum Gasteiger partial charge on any atom is -0.368 e. The number of nitrogens with zero attached hydrogens (tertiary/aromatic N) is 2. The van der Waals surface area contributed by atoms with Crippen LogP contribution in [0.3, 0.4) is 0 Å². The molecule has 1 aromatic rings. The first-order valence-corrected chi connectivity index (χ1v) is 9.06. The summed E-state index contributed by atoms with van der Waals surface area (Å²) in [5.41, 5.74) is 1.33. The van der Waals surface area contributed by atoms with Gasteiger partial charge in [0.15, 0.2) is 5.11 Å². The fraction of sp³-hybridized carbons (Fsp3) is 0.611. The molecule has 22 heavy (non-hydrogen) atoms. The lowest BCUT2D eigenvalue weighted by atomic mass is 9.95. The van der Waals surface area contributed by atoms with Gasteiger partial charge in [-0.2, -0.15) is 0 Å². The van der Waals surface area contributed by atoms with E-state index in [0.717, 1.165) is 43.1 Å². The molecule has 0 radical (unpaired) electrons. The van der Waals surface area contributed by atoms with Gasteiger partial charge in [-0.3, -0.25) is 0 Å². The van der Waals surface area contributed by atoms with E-state index < -0.39 is 0 Å². The summed E-state index contributed by atoms with van der Waals surface area (Å²) in [5.74, 6) is 1.86. The van der Waals surface area contributed by atoms with Gasteiger partial charge in [0, 0.05) is 37.9 Å². The van der Waals surface area contributed by atoms with E-state index in [1.807, 2.05) is 0 Å². The second kappa shape index (κ2) is 6.07. The van der Waals surface area contributed by atoms with E-state index >= 15 is 0 Å². The molecule has 118 valence electrons. The van der Waals surface area contributed by atoms with Gasteiger partial charge in [-0.05, 0) is 55.4 Å². The Balaban J connectivity index is 1.29. The van der Waals surface area contributed by atoms with E-state index in [1.165, 1.54) is 31.4 Å². The van der Waals surface area contributed by atoms with Gasteiger partial charge in [-0.25, -0.2) is 0 Å². The lowest BCUT2D eigenvalue weighted by Crippen LogP contribution is -2.54. The fourth-order valence-corrected chi connectivity index (χ4v) is 4.81. The Morgan fingerprint density at radius 3 is 2.41 bits per heavy atom. The molecule has 0 unspecified atom stereocenters. The van der Waals surface area contributed by atoms with E-state index in [0.29, 0.717) is 6.04 Å². The van der Waals surface area contributed by atoms with E-state index in [4.69, 9.17) is 12.2 Å². The maximum absolute atomic E-state index is 5.68. The number of fused-ring (bicyclic) bond motifs is 2. The van der Waals surface area contributed by atoms with Crippen molar-refractivity contribution in [3.63, 3.8) is 0 Å². The molecule has 2 bridgehead atoms. The predicted molar refractivity (Wildman–Crippen MR) is 95.2 cm³/mol. The summed E-state index contributed by atoms with van der Waals surface area (Å²) in [6.07, 6.45) is 5.63. The zero-order valence-corrected chi connectivity index (χ0v) is 13.9. The predicted octanol–water partition coefficient (Wildman–Crippen LogP) is 2.87. The van der Waals surface area contributed by atoms with Crippen molar-refractivity contribution in [2.45, 2.75) is 31.7 Å². The highest BCUT2D eigenvalue weighted by Gasteiger charge is 2.40. The van der Waals surface area contributed by atoms with Crippen LogP contribution in [0.2, 0.25) is 0 Å².